The van der Waals surface area contributed by atoms with E-state index in [2.05, 4.69) is 40.2 Å². The van der Waals surface area contributed by atoms with Gasteiger partial charge in [-0.1, -0.05) is 19.1 Å². The van der Waals surface area contributed by atoms with Gasteiger partial charge in [-0.25, -0.2) is 0 Å². The van der Waals surface area contributed by atoms with E-state index in [-0.39, 0.29) is 24.5 Å². The first-order chi connectivity index (χ1) is 15.0. The van der Waals surface area contributed by atoms with Crippen LogP contribution in [0, 0.1) is 6.92 Å². The number of rotatable bonds is 7. The maximum Gasteiger partial charge on any atom is 0.224 e. The van der Waals surface area contributed by atoms with Crippen LogP contribution in [0.1, 0.15) is 53.2 Å². The van der Waals surface area contributed by atoms with Gasteiger partial charge in [-0.3, -0.25) is 9.59 Å². The van der Waals surface area contributed by atoms with E-state index in [1.165, 1.54) is 23.2 Å². The smallest absolute Gasteiger partial charge is 0.224 e. The molecule has 0 bridgehead atoms. The second kappa shape index (κ2) is 9.65. The molecule has 0 saturated carbocycles. The van der Waals surface area contributed by atoms with Gasteiger partial charge in [-0.2, -0.15) is 0 Å². The van der Waals surface area contributed by atoms with E-state index >= 15 is 0 Å². The standard InChI is InChI=1S/C26H33N3O2/c1-3-28-13-15-29(16-14-28)23-9-10-24(19(2)17-23)27-26(31)12-11-25(30)22-8-7-20-5-4-6-21(20)18-22/h7-10,17-18H,3-6,11-16H2,1-2H3,(H,27,31). The molecule has 0 spiro atoms. The van der Waals surface area contributed by atoms with Crippen molar-refractivity contribution in [3.05, 3.63) is 58.7 Å². The van der Waals surface area contributed by atoms with Gasteiger partial charge in [0.1, 0.15) is 0 Å². The van der Waals surface area contributed by atoms with Gasteiger partial charge in [0.2, 0.25) is 5.91 Å². The SMILES string of the molecule is CCN1CCN(c2ccc(NC(=O)CCC(=O)c3ccc4c(c3)CCC4)c(C)c2)CC1. The zero-order valence-electron chi connectivity index (χ0n) is 18.7. The lowest BCUT2D eigenvalue weighted by Crippen LogP contribution is -2.46. The largest absolute Gasteiger partial charge is 0.369 e. The van der Waals surface area contributed by atoms with Gasteiger partial charge >= 0.3 is 0 Å². The summed E-state index contributed by atoms with van der Waals surface area (Å²) in [6.45, 7) is 9.58. The minimum absolute atomic E-state index is 0.0446. The van der Waals surface area contributed by atoms with Gasteiger partial charge in [-0.05, 0) is 73.7 Å². The van der Waals surface area contributed by atoms with E-state index in [0.717, 1.165) is 62.4 Å². The van der Waals surface area contributed by atoms with E-state index < -0.39 is 0 Å². The lowest BCUT2D eigenvalue weighted by Gasteiger charge is -2.35. The van der Waals surface area contributed by atoms with Crippen LogP contribution in [0.25, 0.3) is 0 Å². The fourth-order valence-corrected chi connectivity index (χ4v) is 4.64. The molecule has 1 N–H and O–H groups in total. The van der Waals surface area contributed by atoms with Gasteiger partial charge in [0.25, 0.3) is 0 Å². The molecular formula is C26H33N3O2. The fraction of sp³-hybridized carbons (Fsp3) is 0.462. The number of carbonyl (C=O) groups excluding carboxylic acids is 2. The summed E-state index contributed by atoms with van der Waals surface area (Å²) in [5.74, 6) is -0.0648. The molecule has 5 heteroatoms. The van der Waals surface area contributed by atoms with E-state index in [1.54, 1.807) is 0 Å². The average molecular weight is 420 g/mol. The minimum Gasteiger partial charge on any atom is -0.369 e. The highest BCUT2D eigenvalue weighted by atomic mass is 16.2. The number of fused-ring (bicyclic) bond motifs is 1. The summed E-state index contributed by atoms with van der Waals surface area (Å²) in [6.07, 6.45) is 3.78. The Labute approximate surface area is 185 Å². The third-order valence-electron chi connectivity index (χ3n) is 6.67. The summed E-state index contributed by atoms with van der Waals surface area (Å²) in [5.41, 5.74) is 6.47. The van der Waals surface area contributed by atoms with Crippen LogP contribution in [0.4, 0.5) is 11.4 Å². The van der Waals surface area contributed by atoms with Crippen molar-refractivity contribution >= 4 is 23.1 Å². The Morgan fingerprint density at radius 1 is 0.935 bits per heavy atom. The predicted octanol–water partition coefficient (Wildman–Crippen LogP) is 4.23. The number of nitrogens with zero attached hydrogens (tertiary/aromatic N) is 2. The van der Waals surface area contributed by atoms with E-state index in [0.29, 0.717) is 0 Å². The van der Waals surface area contributed by atoms with Crippen LogP contribution in [-0.4, -0.2) is 49.3 Å². The van der Waals surface area contributed by atoms with Crippen molar-refractivity contribution in [2.75, 3.05) is 42.9 Å². The zero-order valence-corrected chi connectivity index (χ0v) is 18.7. The molecule has 1 amide bonds. The predicted molar refractivity (Wildman–Crippen MR) is 126 cm³/mol. The first-order valence-electron chi connectivity index (χ1n) is 11.6. The topological polar surface area (TPSA) is 52.6 Å². The second-order valence-corrected chi connectivity index (χ2v) is 8.73. The highest BCUT2D eigenvalue weighted by Gasteiger charge is 2.18. The van der Waals surface area contributed by atoms with Crippen LogP contribution in [0.5, 0.6) is 0 Å². The molecule has 1 aliphatic carbocycles. The fourth-order valence-electron chi connectivity index (χ4n) is 4.64. The number of hydrogen-bond donors (Lipinski definition) is 1. The summed E-state index contributed by atoms with van der Waals surface area (Å²) < 4.78 is 0. The summed E-state index contributed by atoms with van der Waals surface area (Å²) in [7, 11) is 0. The summed E-state index contributed by atoms with van der Waals surface area (Å²) >= 11 is 0. The van der Waals surface area contributed by atoms with E-state index in [9.17, 15) is 9.59 Å². The number of Topliss-reactive ketones (excluding diaryl/α,β-unsaturated/α-hetero) is 1. The van der Waals surface area contributed by atoms with Crippen LogP contribution in [0.3, 0.4) is 0 Å². The Bertz CT molecular complexity index is 961. The van der Waals surface area contributed by atoms with Crippen LogP contribution >= 0.6 is 0 Å². The number of nitrogens with one attached hydrogen (secondary N) is 1. The van der Waals surface area contributed by atoms with Gasteiger partial charge in [-0.15, -0.1) is 0 Å². The summed E-state index contributed by atoms with van der Waals surface area (Å²) in [4.78, 5) is 29.9. The number of ketones is 1. The molecule has 1 fully saturated rings. The second-order valence-electron chi connectivity index (χ2n) is 8.73. The third kappa shape index (κ3) is 5.16. The lowest BCUT2D eigenvalue weighted by atomic mass is 10.0. The van der Waals surface area contributed by atoms with Gasteiger partial charge < -0.3 is 15.1 Å². The van der Waals surface area contributed by atoms with Crippen molar-refractivity contribution in [3.8, 4) is 0 Å². The third-order valence-corrected chi connectivity index (χ3v) is 6.67. The first-order valence-corrected chi connectivity index (χ1v) is 11.6. The maximum absolute atomic E-state index is 12.5. The van der Waals surface area contributed by atoms with Crippen molar-refractivity contribution in [2.24, 2.45) is 0 Å². The molecule has 0 aromatic heterocycles. The molecular weight excluding hydrogens is 386 g/mol. The molecule has 2 aliphatic rings. The number of aryl methyl sites for hydroxylation is 3. The van der Waals surface area contributed by atoms with Crippen LogP contribution < -0.4 is 10.2 Å². The van der Waals surface area contributed by atoms with Gasteiger partial charge in [0, 0.05) is 56.0 Å². The number of hydrogen-bond acceptors (Lipinski definition) is 4. The zero-order chi connectivity index (χ0) is 21.8. The Morgan fingerprint density at radius 3 is 2.45 bits per heavy atom. The number of likely N-dealkylation sites (N-methyl/N-ethyl adjacent to an activating group) is 1. The molecule has 2 aromatic rings. The van der Waals surface area contributed by atoms with Gasteiger partial charge in [0.05, 0.1) is 0 Å². The minimum atomic E-state index is -0.109. The number of carbonyl (C=O) groups is 2. The average Bonchev–Trinajstić information content (AvgIpc) is 3.27. The van der Waals surface area contributed by atoms with Crippen molar-refractivity contribution in [2.45, 2.75) is 46.0 Å². The Hall–Kier alpha value is -2.66. The molecule has 4 rings (SSSR count). The number of benzene rings is 2. The Balaban J connectivity index is 1.30. The molecule has 1 aliphatic heterocycles. The molecule has 31 heavy (non-hydrogen) atoms. The van der Waals surface area contributed by atoms with Crippen molar-refractivity contribution < 1.29 is 9.59 Å². The van der Waals surface area contributed by atoms with Crippen LogP contribution in [-0.2, 0) is 17.6 Å². The number of anilines is 2. The number of piperazine rings is 1. The van der Waals surface area contributed by atoms with E-state index in [4.69, 9.17) is 0 Å². The molecule has 0 unspecified atom stereocenters. The molecule has 2 aromatic carbocycles. The summed E-state index contributed by atoms with van der Waals surface area (Å²) in [6, 6.07) is 12.2. The first kappa shape index (κ1) is 21.6. The number of amides is 1. The van der Waals surface area contributed by atoms with Gasteiger partial charge in [0.15, 0.2) is 5.78 Å². The quantitative estimate of drug-likeness (QED) is 0.683. The molecule has 0 atom stereocenters. The Morgan fingerprint density at radius 2 is 1.71 bits per heavy atom. The van der Waals surface area contributed by atoms with Crippen molar-refractivity contribution in [1.82, 2.24) is 4.90 Å². The highest BCUT2D eigenvalue weighted by molar-refractivity contribution is 6.00. The molecule has 0 radical (unpaired) electrons. The molecule has 5 nitrogen and oxygen atoms in total. The summed E-state index contributed by atoms with van der Waals surface area (Å²) in [5, 5.41) is 2.99. The maximum atomic E-state index is 12.5. The Kier molecular flexibility index (Phi) is 6.71. The van der Waals surface area contributed by atoms with Crippen molar-refractivity contribution in [3.63, 3.8) is 0 Å². The van der Waals surface area contributed by atoms with Crippen LogP contribution in [0.2, 0.25) is 0 Å². The van der Waals surface area contributed by atoms with Crippen LogP contribution in [0.15, 0.2) is 36.4 Å². The monoisotopic (exact) mass is 419 g/mol. The molecule has 164 valence electrons. The molecule has 1 heterocycles. The highest BCUT2D eigenvalue weighted by Crippen LogP contribution is 2.25. The van der Waals surface area contributed by atoms with E-state index in [1.807, 2.05) is 25.1 Å². The normalized spacial score (nSPS) is 16.3. The lowest BCUT2D eigenvalue weighted by molar-refractivity contribution is -0.116. The molecule has 1 saturated heterocycles. The van der Waals surface area contributed by atoms with Crippen molar-refractivity contribution in [1.29, 1.82) is 0 Å².